The summed E-state index contributed by atoms with van der Waals surface area (Å²) < 4.78 is 6.20. The molecule has 0 spiro atoms. The average Bonchev–Trinajstić information content (AvgIpc) is 2.43. The van der Waals surface area contributed by atoms with Crippen LogP contribution in [0, 0.1) is 17.4 Å². The quantitative estimate of drug-likeness (QED) is 0.546. The molecule has 104 valence electrons. The summed E-state index contributed by atoms with van der Waals surface area (Å²) in [5, 5.41) is 0.597. The molecule has 2 aromatic carbocycles. The van der Waals surface area contributed by atoms with Gasteiger partial charge in [0.05, 0.1) is 12.1 Å². The molecule has 0 aliphatic heterocycles. The molecule has 0 N–H and O–H groups in total. The molecule has 2 aromatic rings. The van der Waals surface area contributed by atoms with Gasteiger partial charge >= 0.3 is 0 Å². The number of ketones is 1. The smallest absolute Gasteiger partial charge is 0.193 e. The van der Waals surface area contributed by atoms with Gasteiger partial charge in [-0.25, -0.2) is 0 Å². The maximum absolute atomic E-state index is 12.6. The van der Waals surface area contributed by atoms with E-state index in [4.69, 9.17) is 16.3 Å². The molecule has 2 rings (SSSR count). The molecule has 0 saturated heterocycles. The Hall–Kier alpha value is -1.07. The second-order valence-electron chi connectivity index (χ2n) is 4.59. The number of carbonyl (C=O) groups is 1. The minimum atomic E-state index is -0.0217. The number of ether oxygens (including phenoxy) is 1. The number of methoxy groups -OCH3 is 1. The zero-order valence-electron chi connectivity index (χ0n) is 11.5. The molecule has 0 atom stereocenters. The van der Waals surface area contributed by atoms with Crippen LogP contribution in [0.1, 0.15) is 27.0 Å². The molecule has 0 aliphatic carbocycles. The molecule has 0 amide bonds. The third kappa shape index (κ3) is 2.99. The lowest BCUT2D eigenvalue weighted by Gasteiger charge is -2.11. The summed E-state index contributed by atoms with van der Waals surface area (Å²) in [4.78, 5) is 12.6. The molecule has 0 radical (unpaired) electrons. The van der Waals surface area contributed by atoms with E-state index in [2.05, 4.69) is 22.6 Å². The van der Waals surface area contributed by atoms with Crippen LogP contribution in [0.15, 0.2) is 30.3 Å². The number of hydrogen-bond acceptors (Lipinski definition) is 2. The molecule has 0 heterocycles. The fourth-order valence-electron chi connectivity index (χ4n) is 2.05. The van der Waals surface area contributed by atoms with Gasteiger partial charge in [0.25, 0.3) is 0 Å². The first-order chi connectivity index (χ1) is 9.43. The lowest BCUT2D eigenvalue weighted by molar-refractivity contribution is 0.103. The zero-order valence-corrected chi connectivity index (χ0v) is 14.4. The van der Waals surface area contributed by atoms with E-state index in [0.29, 0.717) is 16.1 Å². The van der Waals surface area contributed by atoms with Gasteiger partial charge in [-0.1, -0.05) is 11.6 Å². The fraction of sp³-hybridized carbons (Fsp3) is 0.188. The van der Waals surface area contributed by atoms with E-state index in [1.165, 1.54) is 0 Å². The Kier molecular flexibility index (Phi) is 4.70. The monoisotopic (exact) mass is 400 g/mol. The maximum atomic E-state index is 12.6. The summed E-state index contributed by atoms with van der Waals surface area (Å²) in [6, 6.07) is 9.11. The summed E-state index contributed by atoms with van der Waals surface area (Å²) in [5.74, 6) is 0.770. The van der Waals surface area contributed by atoms with Gasteiger partial charge < -0.3 is 4.74 Å². The summed E-state index contributed by atoms with van der Waals surface area (Å²) in [6.07, 6.45) is 0. The van der Waals surface area contributed by atoms with Crippen LogP contribution in [0.3, 0.4) is 0 Å². The van der Waals surface area contributed by atoms with Gasteiger partial charge in [0, 0.05) is 14.7 Å². The van der Waals surface area contributed by atoms with Gasteiger partial charge in [0.15, 0.2) is 5.78 Å². The summed E-state index contributed by atoms with van der Waals surface area (Å²) in [5.41, 5.74) is 3.12. The first kappa shape index (κ1) is 15.3. The number of carbonyl (C=O) groups excluding carboxylic acids is 1. The molecule has 0 fully saturated rings. The van der Waals surface area contributed by atoms with Crippen molar-refractivity contribution in [3.63, 3.8) is 0 Å². The topological polar surface area (TPSA) is 26.3 Å². The van der Waals surface area contributed by atoms with Crippen molar-refractivity contribution in [1.29, 1.82) is 0 Å². The molecular formula is C16H14ClIO2. The Morgan fingerprint density at radius 2 is 1.85 bits per heavy atom. The third-order valence-electron chi connectivity index (χ3n) is 3.17. The Morgan fingerprint density at radius 1 is 1.15 bits per heavy atom. The Morgan fingerprint density at radius 3 is 2.45 bits per heavy atom. The van der Waals surface area contributed by atoms with Crippen LogP contribution in [0.4, 0.5) is 0 Å². The first-order valence-corrected chi connectivity index (χ1v) is 7.54. The molecule has 0 unspecified atom stereocenters. The first-order valence-electron chi connectivity index (χ1n) is 6.09. The second kappa shape index (κ2) is 6.14. The van der Waals surface area contributed by atoms with Crippen LogP contribution in [-0.4, -0.2) is 12.9 Å². The normalized spacial score (nSPS) is 10.4. The van der Waals surface area contributed by atoms with E-state index in [0.717, 1.165) is 20.4 Å². The van der Waals surface area contributed by atoms with Crippen molar-refractivity contribution < 1.29 is 9.53 Å². The molecule has 0 bridgehead atoms. The van der Waals surface area contributed by atoms with Gasteiger partial charge in [-0.15, -0.1) is 0 Å². The SMILES string of the molecule is COc1cc(C)c(C(=O)c2ccc(I)c(Cl)c2)cc1C. The van der Waals surface area contributed by atoms with Gasteiger partial charge in [-0.2, -0.15) is 0 Å². The van der Waals surface area contributed by atoms with E-state index < -0.39 is 0 Å². The molecule has 2 nitrogen and oxygen atoms in total. The average molecular weight is 401 g/mol. The highest BCUT2D eigenvalue weighted by Crippen LogP contribution is 2.26. The van der Waals surface area contributed by atoms with Crippen molar-refractivity contribution in [2.75, 3.05) is 7.11 Å². The van der Waals surface area contributed by atoms with Crippen molar-refractivity contribution in [2.45, 2.75) is 13.8 Å². The van der Waals surface area contributed by atoms with Gasteiger partial charge in [0.2, 0.25) is 0 Å². The van der Waals surface area contributed by atoms with Crippen molar-refractivity contribution in [1.82, 2.24) is 0 Å². The van der Waals surface area contributed by atoms with Gasteiger partial charge in [0.1, 0.15) is 5.75 Å². The summed E-state index contributed by atoms with van der Waals surface area (Å²) >= 11 is 8.23. The number of halogens is 2. The van der Waals surface area contributed by atoms with E-state index >= 15 is 0 Å². The van der Waals surface area contributed by atoms with Crippen molar-refractivity contribution >= 4 is 40.0 Å². The fourth-order valence-corrected chi connectivity index (χ4v) is 2.56. The van der Waals surface area contributed by atoms with Crippen LogP contribution in [-0.2, 0) is 0 Å². The number of benzene rings is 2. The zero-order chi connectivity index (χ0) is 14.9. The van der Waals surface area contributed by atoms with E-state index in [-0.39, 0.29) is 5.78 Å². The standard InChI is InChI=1S/C16H14ClIO2/c1-9-7-15(20-3)10(2)6-12(9)16(19)11-4-5-14(18)13(17)8-11/h4-8H,1-3H3. The second-order valence-corrected chi connectivity index (χ2v) is 6.16. The third-order valence-corrected chi connectivity index (χ3v) is 4.74. The number of hydrogen-bond donors (Lipinski definition) is 0. The van der Waals surface area contributed by atoms with E-state index in [1.807, 2.05) is 32.0 Å². The van der Waals surface area contributed by atoms with Crippen LogP contribution < -0.4 is 4.74 Å². The Labute approximate surface area is 137 Å². The van der Waals surface area contributed by atoms with Crippen LogP contribution >= 0.6 is 34.2 Å². The summed E-state index contributed by atoms with van der Waals surface area (Å²) in [7, 11) is 1.63. The van der Waals surface area contributed by atoms with Gasteiger partial charge in [-0.05, 0) is 77.9 Å². The van der Waals surface area contributed by atoms with Gasteiger partial charge in [-0.3, -0.25) is 4.79 Å². The van der Waals surface area contributed by atoms with Crippen molar-refractivity contribution in [3.8, 4) is 5.75 Å². The van der Waals surface area contributed by atoms with E-state index in [1.54, 1.807) is 19.2 Å². The molecule has 20 heavy (non-hydrogen) atoms. The van der Waals surface area contributed by atoms with Crippen LogP contribution in [0.25, 0.3) is 0 Å². The van der Waals surface area contributed by atoms with E-state index in [9.17, 15) is 4.79 Å². The Bertz CT molecular complexity index is 680. The predicted molar refractivity (Wildman–Crippen MR) is 90.1 cm³/mol. The highest BCUT2D eigenvalue weighted by molar-refractivity contribution is 14.1. The van der Waals surface area contributed by atoms with Crippen molar-refractivity contribution in [3.05, 3.63) is 61.2 Å². The highest BCUT2D eigenvalue weighted by Gasteiger charge is 2.15. The van der Waals surface area contributed by atoms with Crippen LogP contribution in [0.2, 0.25) is 5.02 Å². The molecular weight excluding hydrogens is 387 g/mol. The summed E-state index contributed by atoms with van der Waals surface area (Å²) in [6.45, 7) is 3.83. The molecule has 0 aromatic heterocycles. The largest absolute Gasteiger partial charge is 0.496 e. The minimum Gasteiger partial charge on any atom is -0.496 e. The molecule has 4 heteroatoms. The van der Waals surface area contributed by atoms with Crippen molar-refractivity contribution in [2.24, 2.45) is 0 Å². The molecule has 0 saturated carbocycles. The highest BCUT2D eigenvalue weighted by atomic mass is 127. The lowest BCUT2D eigenvalue weighted by atomic mass is 9.97. The maximum Gasteiger partial charge on any atom is 0.193 e. The Balaban J connectivity index is 2.48. The minimum absolute atomic E-state index is 0.0217. The van der Waals surface area contributed by atoms with Crippen LogP contribution in [0.5, 0.6) is 5.75 Å². The number of rotatable bonds is 3. The number of aryl methyl sites for hydroxylation is 2. The predicted octanol–water partition coefficient (Wildman–Crippen LogP) is 4.80. The molecule has 0 aliphatic rings. The lowest BCUT2D eigenvalue weighted by Crippen LogP contribution is -2.05.